The maximum atomic E-state index is 13.4. The van der Waals surface area contributed by atoms with Crippen molar-refractivity contribution in [2.24, 2.45) is 0 Å². The first-order chi connectivity index (χ1) is 9.54. The Hall–Kier alpha value is -0.640. The minimum atomic E-state index is -0.748. The molecular formula is C16H23ClFNO. The Labute approximate surface area is 125 Å². The van der Waals surface area contributed by atoms with Crippen LogP contribution >= 0.6 is 11.6 Å². The Kier molecular flexibility index (Phi) is 5.42. The number of aliphatic hydroxyl groups is 1. The molecule has 112 valence electrons. The minimum absolute atomic E-state index is 0.146. The molecule has 0 saturated heterocycles. The third-order valence-corrected chi connectivity index (χ3v) is 4.57. The van der Waals surface area contributed by atoms with E-state index in [1.54, 1.807) is 12.1 Å². The lowest BCUT2D eigenvalue weighted by Crippen LogP contribution is -2.42. The predicted molar refractivity (Wildman–Crippen MR) is 80.6 cm³/mol. The summed E-state index contributed by atoms with van der Waals surface area (Å²) in [6, 6.07) is 5.29. The van der Waals surface area contributed by atoms with Crippen LogP contribution in [-0.2, 0) is 6.42 Å². The molecule has 4 heteroatoms. The summed E-state index contributed by atoms with van der Waals surface area (Å²) < 4.78 is 13.4. The van der Waals surface area contributed by atoms with E-state index in [0.29, 0.717) is 18.0 Å². The van der Waals surface area contributed by atoms with E-state index in [2.05, 4.69) is 12.2 Å². The Morgan fingerprint density at radius 2 is 2.10 bits per heavy atom. The molecule has 1 aromatic carbocycles. The molecule has 0 amide bonds. The van der Waals surface area contributed by atoms with Gasteiger partial charge in [-0.1, -0.05) is 30.7 Å². The predicted octanol–water partition coefficient (Wildman–Crippen LogP) is 3.69. The van der Waals surface area contributed by atoms with Gasteiger partial charge in [-0.25, -0.2) is 4.39 Å². The van der Waals surface area contributed by atoms with E-state index >= 15 is 0 Å². The molecule has 0 spiro atoms. The lowest BCUT2D eigenvalue weighted by atomic mass is 9.78. The van der Waals surface area contributed by atoms with E-state index in [1.807, 2.05) is 0 Å². The maximum absolute atomic E-state index is 13.4. The van der Waals surface area contributed by atoms with E-state index in [-0.39, 0.29) is 5.02 Å². The lowest BCUT2D eigenvalue weighted by molar-refractivity contribution is -0.00308. The van der Waals surface area contributed by atoms with E-state index in [1.165, 1.54) is 6.07 Å². The standard InChI is InChI=1S/C16H23ClFNO/c1-2-10-19-13-6-8-16(20,9-7-13)11-12-4-3-5-14(18)15(12)17/h3-5,13,19-20H,2,6-11H2,1H3. The number of halogens is 2. The van der Waals surface area contributed by atoms with Crippen LogP contribution in [0.3, 0.4) is 0 Å². The normalized spacial score (nSPS) is 26.7. The van der Waals surface area contributed by atoms with Gasteiger partial charge in [0.2, 0.25) is 0 Å². The summed E-state index contributed by atoms with van der Waals surface area (Å²) in [5, 5.41) is 14.3. The summed E-state index contributed by atoms with van der Waals surface area (Å²) in [5.41, 5.74) is -0.0453. The van der Waals surface area contributed by atoms with Crippen LogP contribution in [0.2, 0.25) is 5.02 Å². The van der Waals surface area contributed by atoms with E-state index in [9.17, 15) is 9.50 Å². The molecule has 2 N–H and O–H groups in total. The average molecular weight is 300 g/mol. The number of benzene rings is 1. The summed E-state index contributed by atoms with van der Waals surface area (Å²) in [4.78, 5) is 0. The van der Waals surface area contributed by atoms with Gasteiger partial charge in [0, 0.05) is 12.5 Å². The summed E-state index contributed by atoms with van der Waals surface area (Å²) in [6.07, 6.45) is 4.96. The molecule has 0 radical (unpaired) electrons. The highest BCUT2D eigenvalue weighted by molar-refractivity contribution is 6.31. The van der Waals surface area contributed by atoms with Crippen LogP contribution in [-0.4, -0.2) is 23.3 Å². The maximum Gasteiger partial charge on any atom is 0.142 e. The van der Waals surface area contributed by atoms with Crippen molar-refractivity contribution in [2.75, 3.05) is 6.54 Å². The first-order valence-electron chi connectivity index (χ1n) is 7.43. The SMILES string of the molecule is CCCNC1CCC(O)(Cc2cccc(F)c2Cl)CC1. The molecule has 0 aromatic heterocycles. The molecule has 0 unspecified atom stereocenters. The molecule has 20 heavy (non-hydrogen) atoms. The Balaban J connectivity index is 1.95. The highest BCUT2D eigenvalue weighted by atomic mass is 35.5. The average Bonchev–Trinajstić information content (AvgIpc) is 2.43. The third kappa shape index (κ3) is 3.94. The minimum Gasteiger partial charge on any atom is -0.390 e. The molecule has 0 aliphatic heterocycles. The summed E-state index contributed by atoms with van der Waals surface area (Å²) in [7, 11) is 0. The number of rotatable bonds is 5. The molecule has 1 aliphatic rings. The van der Waals surface area contributed by atoms with Gasteiger partial charge in [0.05, 0.1) is 10.6 Å². The largest absolute Gasteiger partial charge is 0.390 e. The molecular weight excluding hydrogens is 277 g/mol. The molecule has 1 saturated carbocycles. The molecule has 1 aliphatic carbocycles. The highest BCUT2D eigenvalue weighted by Gasteiger charge is 2.33. The summed E-state index contributed by atoms with van der Waals surface area (Å²) >= 11 is 5.97. The van der Waals surface area contributed by atoms with Gasteiger partial charge < -0.3 is 10.4 Å². The van der Waals surface area contributed by atoms with Gasteiger partial charge in [0.25, 0.3) is 0 Å². The molecule has 0 atom stereocenters. The van der Waals surface area contributed by atoms with Crippen LogP contribution in [0.1, 0.15) is 44.6 Å². The summed E-state index contributed by atoms with van der Waals surface area (Å²) in [5.74, 6) is -0.411. The second-order valence-corrected chi connectivity index (χ2v) is 6.22. The number of hydrogen-bond acceptors (Lipinski definition) is 2. The zero-order chi connectivity index (χ0) is 14.6. The highest BCUT2D eigenvalue weighted by Crippen LogP contribution is 2.33. The Morgan fingerprint density at radius 1 is 1.40 bits per heavy atom. The van der Waals surface area contributed by atoms with E-state index < -0.39 is 11.4 Å². The quantitative estimate of drug-likeness (QED) is 0.869. The number of nitrogens with one attached hydrogen (secondary N) is 1. The molecule has 1 fully saturated rings. The molecule has 0 heterocycles. The van der Waals surface area contributed by atoms with Gasteiger partial charge in [0.1, 0.15) is 5.82 Å². The van der Waals surface area contributed by atoms with E-state index in [4.69, 9.17) is 11.6 Å². The second kappa shape index (κ2) is 6.88. The van der Waals surface area contributed by atoms with E-state index in [0.717, 1.165) is 38.6 Å². The molecule has 1 aromatic rings. The third-order valence-electron chi connectivity index (χ3n) is 4.15. The van der Waals surface area contributed by atoms with Crippen molar-refractivity contribution in [3.8, 4) is 0 Å². The molecule has 2 rings (SSSR count). The van der Waals surface area contributed by atoms with Crippen LogP contribution in [0, 0.1) is 5.82 Å². The van der Waals surface area contributed by atoms with Crippen molar-refractivity contribution in [1.82, 2.24) is 5.32 Å². The van der Waals surface area contributed by atoms with Gasteiger partial charge >= 0.3 is 0 Å². The van der Waals surface area contributed by atoms with Crippen molar-refractivity contribution < 1.29 is 9.50 Å². The fourth-order valence-electron chi connectivity index (χ4n) is 2.92. The van der Waals surface area contributed by atoms with Crippen molar-refractivity contribution in [2.45, 2.75) is 57.1 Å². The monoisotopic (exact) mass is 299 g/mol. The first-order valence-corrected chi connectivity index (χ1v) is 7.80. The van der Waals surface area contributed by atoms with Crippen molar-refractivity contribution in [1.29, 1.82) is 0 Å². The Morgan fingerprint density at radius 3 is 2.75 bits per heavy atom. The van der Waals surface area contributed by atoms with Crippen LogP contribution in [0.5, 0.6) is 0 Å². The number of hydrogen-bond donors (Lipinski definition) is 2. The first kappa shape index (κ1) is 15.7. The Bertz CT molecular complexity index is 444. The van der Waals surface area contributed by atoms with Crippen molar-refractivity contribution in [3.63, 3.8) is 0 Å². The topological polar surface area (TPSA) is 32.3 Å². The molecule has 0 bridgehead atoms. The lowest BCUT2D eigenvalue weighted by Gasteiger charge is -2.36. The van der Waals surface area contributed by atoms with Gasteiger partial charge in [0.15, 0.2) is 0 Å². The second-order valence-electron chi connectivity index (χ2n) is 5.84. The van der Waals surface area contributed by atoms with Crippen LogP contribution < -0.4 is 5.32 Å². The fourth-order valence-corrected chi connectivity index (χ4v) is 3.12. The van der Waals surface area contributed by atoms with Gasteiger partial charge in [-0.2, -0.15) is 0 Å². The van der Waals surface area contributed by atoms with Crippen LogP contribution in [0.25, 0.3) is 0 Å². The van der Waals surface area contributed by atoms with Crippen molar-refractivity contribution in [3.05, 3.63) is 34.6 Å². The zero-order valence-corrected chi connectivity index (χ0v) is 12.7. The fraction of sp³-hybridized carbons (Fsp3) is 0.625. The molecule has 2 nitrogen and oxygen atoms in total. The van der Waals surface area contributed by atoms with Gasteiger partial charge in [-0.05, 0) is 50.3 Å². The zero-order valence-electron chi connectivity index (χ0n) is 12.0. The summed E-state index contributed by atoms with van der Waals surface area (Å²) in [6.45, 7) is 3.18. The van der Waals surface area contributed by atoms with Gasteiger partial charge in [-0.15, -0.1) is 0 Å². The van der Waals surface area contributed by atoms with Crippen LogP contribution in [0.4, 0.5) is 4.39 Å². The van der Waals surface area contributed by atoms with Gasteiger partial charge in [-0.3, -0.25) is 0 Å². The van der Waals surface area contributed by atoms with Crippen LogP contribution in [0.15, 0.2) is 18.2 Å². The van der Waals surface area contributed by atoms with Crippen molar-refractivity contribution >= 4 is 11.6 Å². The smallest absolute Gasteiger partial charge is 0.142 e.